The molecule has 0 radical (unpaired) electrons. The van der Waals surface area contributed by atoms with Gasteiger partial charge < -0.3 is 4.84 Å². The van der Waals surface area contributed by atoms with Crippen molar-refractivity contribution >= 4 is 29.1 Å². The lowest BCUT2D eigenvalue weighted by molar-refractivity contribution is -0.111. The molecule has 1 aromatic rings. The lowest BCUT2D eigenvalue weighted by Gasteiger charge is -2.14. The van der Waals surface area contributed by atoms with E-state index in [0.717, 1.165) is 0 Å². The fourth-order valence-corrected chi connectivity index (χ4v) is 1.98. The van der Waals surface area contributed by atoms with Crippen molar-refractivity contribution in [3.63, 3.8) is 0 Å². The molecule has 0 unspecified atom stereocenters. The summed E-state index contributed by atoms with van der Waals surface area (Å²) < 4.78 is 0. The topological polar surface area (TPSA) is 68.6 Å². The Bertz CT molecular complexity index is 701. The number of allylic oxidation sites excluding steroid dienone is 4. The van der Waals surface area contributed by atoms with Gasteiger partial charge in [0.2, 0.25) is 0 Å². The summed E-state index contributed by atoms with van der Waals surface area (Å²) in [4.78, 5) is 32.4. The molecule has 5 nitrogen and oxygen atoms in total. The minimum absolute atomic E-state index is 0.0443. The molecule has 1 aliphatic rings. The Morgan fingerprint density at radius 1 is 1.32 bits per heavy atom. The lowest BCUT2D eigenvalue weighted by Crippen LogP contribution is -2.16. The molecule has 0 atom stereocenters. The minimum Gasteiger partial charge on any atom is -0.310 e. The van der Waals surface area contributed by atoms with E-state index in [1.807, 2.05) is 13.8 Å². The summed E-state index contributed by atoms with van der Waals surface area (Å²) in [6, 6.07) is 2.99. The van der Waals surface area contributed by atoms with E-state index in [1.54, 1.807) is 19.1 Å². The van der Waals surface area contributed by atoms with Crippen LogP contribution >= 0.6 is 11.6 Å². The molecule has 0 N–H and O–H groups in total. The number of hydrogen-bond donors (Lipinski definition) is 0. The zero-order valence-corrected chi connectivity index (χ0v) is 13.2. The van der Waals surface area contributed by atoms with Gasteiger partial charge in [-0.2, -0.15) is 0 Å². The number of carbonyl (C=O) groups is 2. The van der Waals surface area contributed by atoms with Crippen molar-refractivity contribution in [3.05, 3.63) is 52.3 Å². The van der Waals surface area contributed by atoms with Crippen LogP contribution in [0, 0.1) is 5.92 Å². The fourth-order valence-electron chi connectivity index (χ4n) is 1.87. The quantitative estimate of drug-likeness (QED) is 0.487. The second-order valence-electron chi connectivity index (χ2n) is 5.16. The second-order valence-corrected chi connectivity index (χ2v) is 5.60. The Morgan fingerprint density at radius 3 is 2.64 bits per heavy atom. The van der Waals surface area contributed by atoms with Crippen LogP contribution in [0.15, 0.2) is 46.8 Å². The molecular formula is C16H15ClN2O3. The molecule has 0 saturated carbocycles. The minimum atomic E-state index is -0.687. The number of rotatable bonds is 3. The Labute approximate surface area is 133 Å². The summed E-state index contributed by atoms with van der Waals surface area (Å²) in [5.74, 6) is -0.666. The van der Waals surface area contributed by atoms with Gasteiger partial charge in [-0.3, -0.25) is 4.79 Å². The Hall–Kier alpha value is -2.27. The van der Waals surface area contributed by atoms with Crippen molar-refractivity contribution in [2.45, 2.75) is 20.8 Å². The van der Waals surface area contributed by atoms with Crippen molar-refractivity contribution in [2.75, 3.05) is 0 Å². The van der Waals surface area contributed by atoms with Gasteiger partial charge in [0.15, 0.2) is 11.5 Å². The molecular weight excluding hydrogens is 304 g/mol. The molecule has 0 aromatic carbocycles. The van der Waals surface area contributed by atoms with Crippen LogP contribution < -0.4 is 0 Å². The van der Waals surface area contributed by atoms with Crippen molar-refractivity contribution < 1.29 is 14.4 Å². The summed E-state index contributed by atoms with van der Waals surface area (Å²) in [5, 5.41) is 4.25. The molecule has 0 aliphatic heterocycles. The van der Waals surface area contributed by atoms with Crippen LogP contribution in [0.25, 0.3) is 0 Å². The standard InChI is InChI=1S/C16H15ClN2O3/c1-9(2)12-7-14(10(3)6-15(12)20)19-22-16(21)13-5-4-11(17)8-18-13/h4-9H,1-3H3/b19-14+. The lowest BCUT2D eigenvalue weighted by atomic mass is 9.90. The maximum absolute atomic E-state index is 11.9. The highest BCUT2D eigenvalue weighted by Crippen LogP contribution is 2.19. The highest BCUT2D eigenvalue weighted by molar-refractivity contribution is 6.30. The van der Waals surface area contributed by atoms with Crippen LogP contribution in [0.2, 0.25) is 5.02 Å². The smallest absolute Gasteiger partial charge is 0.310 e. The van der Waals surface area contributed by atoms with Gasteiger partial charge in [0.1, 0.15) is 5.71 Å². The molecule has 0 spiro atoms. The third-order valence-electron chi connectivity index (χ3n) is 3.11. The molecule has 1 aromatic heterocycles. The highest BCUT2D eigenvalue weighted by Gasteiger charge is 2.19. The summed E-state index contributed by atoms with van der Waals surface area (Å²) in [7, 11) is 0. The highest BCUT2D eigenvalue weighted by atomic mass is 35.5. The number of halogens is 1. The molecule has 6 heteroatoms. The van der Waals surface area contributed by atoms with Crippen LogP contribution in [0.1, 0.15) is 31.3 Å². The average Bonchev–Trinajstić information content (AvgIpc) is 2.46. The normalized spacial score (nSPS) is 16.6. The molecule has 22 heavy (non-hydrogen) atoms. The third kappa shape index (κ3) is 3.68. The molecule has 0 fully saturated rings. The molecule has 0 saturated heterocycles. The van der Waals surface area contributed by atoms with E-state index in [9.17, 15) is 9.59 Å². The second kappa shape index (κ2) is 6.66. The van der Waals surface area contributed by atoms with E-state index in [0.29, 0.717) is 21.9 Å². The van der Waals surface area contributed by atoms with Gasteiger partial charge in [-0.25, -0.2) is 9.78 Å². The van der Waals surface area contributed by atoms with Crippen molar-refractivity contribution in [1.29, 1.82) is 0 Å². The number of aromatic nitrogens is 1. The van der Waals surface area contributed by atoms with Gasteiger partial charge in [0, 0.05) is 11.8 Å². The van der Waals surface area contributed by atoms with Gasteiger partial charge in [-0.15, -0.1) is 0 Å². The first-order valence-corrected chi connectivity index (χ1v) is 7.11. The summed E-state index contributed by atoms with van der Waals surface area (Å²) in [6.45, 7) is 5.57. The van der Waals surface area contributed by atoms with E-state index in [-0.39, 0.29) is 17.4 Å². The number of nitrogens with zero attached hydrogens (tertiary/aromatic N) is 2. The predicted molar refractivity (Wildman–Crippen MR) is 83.8 cm³/mol. The van der Waals surface area contributed by atoms with Gasteiger partial charge in [0.25, 0.3) is 0 Å². The van der Waals surface area contributed by atoms with Crippen LogP contribution in [0.5, 0.6) is 0 Å². The molecule has 0 amide bonds. The average molecular weight is 319 g/mol. The van der Waals surface area contributed by atoms with Gasteiger partial charge >= 0.3 is 5.97 Å². The molecule has 0 bridgehead atoms. The van der Waals surface area contributed by atoms with E-state index < -0.39 is 5.97 Å². The van der Waals surface area contributed by atoms with Crippen LogP contribution in [0.4, 0.5) is 0 Å². The summed E-state index contributed by atoms with van der Waals surface area (Å²) in [6.07, 6.45) is 4.49. The van der Waals surface area contributed by atoms with Crippen molar-refractivity contribution in [3.8, 4) is 0 Å². The maximum Gasteiger partial charge on any atom is 0.383 e. The van der Waals surface area contributed by atoms with E-state index in [1.165, 1.54) is 18.3 Å². The predicted octanol–water partition coefficient (Wildman–Crippen LogP) is 3.36. The van der Waals surface area contributed by atoms with E-state index in [4.69, 9.17) is 16.4 Å². The fraction of sp³-hybridized carbons (Fsp3) is 0.250. The zero-order chi connectivity index (χ0) is 16.3. The Kier molecular flexibility index (Phi) is 4.88. The van der Waals surface area contributed by atoms with Crippen LogP contribution in [0.3, 0.4) is 0 Å². The largest absolute Gasteiger partial charge is 0.383 e. The van der Waals surface area contributed by atoms with Gasteiger partial charge in [-0.1, -0.05) is 30.6 Å². The van der Waals surface area contributed by atoms with Crippen LogP contribution in [-0.2, 0) is 9.63 Å². The maximum atomic E-state index is 11.9. The van der Waals surface area contributed by atoms with E-state index in [2.05, 4.69) is 10.1 Å². The number of carbonyl (C=O) groups excluding carboxylic acids is 2. The first-order valence-electron chi connectivity index (χ1n) is 6.74. The summed E-state index contributed by atoms with van der Waals surface area (Å²) in [5.41, 5.74) is 1.83. The molecule has 1 heterocycles. The number of pyridine rings is 1. The van der Waals surface area contributed by atoms with E-state index >= 15 is 0 Å². The Balaban J connectivity index is 2.18. The van der Waals surface area contributed by atoms with Gasteiger partial charge in [-0.05, 0) is 42.7 Å². The van der Waals surface area contributed by atoms with Gasteiger partial charge in [0.05, 0.1) is 5.02 Å². The number of oxime groups is 1. The first kappa shape index (κ1) is 16.1. The van der Waals surface area contributed by atoms with Crippen molar-refractivity contribution in [1.82, 2.24) is 4.98 Å². The Morgan fingerprint density at radius 2 is 2.05 bits per heavy atom. The summed E-state index contributed by atoms with van der Waals surface area (Å²) >= 11 is 5.70. The number of hydrogen-bond acceptors (Lipinski definition) is 5. The first-order chi connectivity index (χ1) is 10.4. The third-order valence-corrected chi connectivity index (χ3v) is 3.34. The monoisotopic (exact) mass is 318 g/mol. The van der Waals surface area contributed by atoms with Crippen LogP contribution in [-0.4, -0.2) is 22.4 Å². The molecule has 2 rings (SSSR count). The SMILES string of the molecule is CC1=CC(=O)C(C(C)C)=C/C1=N\OC(=O)c1ccc(Cl)cn1. The number of ketones is 1. The zero-order valence-electron chi connectivity index (χ0n) is 12.5. The van der Waals surface area contributed by atoms with Crippen molar-refractivity contribution in [2.24, 2.45) is 11.1 Å². The molecule has 1 aliphatic carbocycles. The molecule has 114 valence electrons.